The first-order chi connectivity index (χ1) is 17.1. The Kier molecular flexibility index (Phi) is 8.46. The van der Waals surface area contributed by atoms with Crippen molar-refractivity contribution in [2.75, 3.05) is 18.5 Å². The van der Waals surface area contributed by atoms with Gasteiger partial charge in [0.25, 0.3) is 0 Å². The topological polar surface area (TPSA) is 104 Å². The van der Waals surface area contributed by atoms with Crippen LogP contribution in [0.15, 0.2) is 52.1 Å². The molecule has 0 amide bonds. The molecule has 0 bridgehead atoms. The molecule has 1 heterocycles. The number of ether oxygens (including phenoxy) is 2. The summed E-state index contributed by atoms with van der Waals surface area (Å²) in [5.74, 6) is -5.71. The second-order valence-electron chi connectivity index (χ2n) is 7.79. The van der Waals surface area contributed by atoms with Crippen molar-refractivity contribution in [3.8, 4) is 5.75 Å². The molecule has 3 aromatic rings. The van der Waals surface area contributed by atoms with Gasteiger partial charge >= 0.3 is 23.3 Å². The van der Waals surface area contributed by atoms with E-state index in [1.54, 1.807) is 31.2 Å². The number of aromatic nitrogens is 3. The Morgan fingerprint density at radius 2 is 1.78 bits per heavy atom. The fourth-order valence-corrected chi connectivity index (χ4v) is 3.49. The minimum absolute atomic E-state index is 0.0928. The molecule has 0 saturated carbocycles. The van der Waals surface area contributed by atoms with E-state index in [2.05, 4.69) is 15.0 Å². The number of hydrogen-bond acceptors (Lipinski definition) is 7. The van der Waals surface area contributed by atoms with Crippen molar-refractivity contribution in [2.24, 2.45) is 0 Å². The Hall–Kier alpha value is -3.73. The fraction of sp³-hybridized carbons (Fsp3) is 0.333. The number of aryl methyl sites for hydroxylation is 1. The van der Waals surface area contributed by atoms with E-state index in [1.807, 2.05) is 19.1 Å². The standard InChI is InChI=1S/C24H25ClF2N4O5/c1-4-35-19-11-10-17(12-18(19)25)28-21-29-22(33)31(14-24(26,27)20(32)36-5-2)23(34)30(21)13-16-8-6-15(3)7-9-16/h6-12H,4-5,13-14H2,1-3H3,(H,28,29,33). The summed E-state index contributed by atoms with van der Waals surface area (Å²) in [4.78, 5) is 41.4. The van der Waals surface area contributed by atoms with Gasteiger partial charge in [-0.25, -0.2) is 19.0 Å². The summed E-state index contributed by atoms with van der Waals surface area (Å²) in [6.45, 7) is 3.56. The maximum absolute atomic E-state index is 14.4. The van der Waals surface area contributed by atoms with E-state index in [4.69, 9.17) is 16.3 Å². The van der Waals surface area contributed by atoms with E-state index in [0.717, 1.165) is 10.1 Å². The Morgan fingerprint density at radius 1 is 1.08 bits per heavy atom. The van der Waals surface area contributed by atoms with Crippen LogP contribution in [0.2, 0.25) is 5.02 Å². The highest BCUT2D eigenvalue weighted by Gasteiger charge is 2.42. The van der Waals surface area contributed by atoms with Gasteiger partial charge in [0, 0.05) is 5.69 Å². The van der Waals surface area contributed by atoms with Crippen LogP contribution in [0.4, 0.5) is 20.4 Å². The van der Waals surface area contributed by atoms with Crippen molar-refractivity contribution < 1.29 is 23.0 Å². The zero-order chi connectivity index (χ0) is 26.5. The van der Waals surface area contributed by atoms with E-state index in [-0.39, 0.29) is 28.7 Å². The molecule has 0 atom stereocenters. The largest absolute Gasteiger partial charge is 0.492 e. The average Bonchev–Trinajstić information content (AvgIpc) is 2.82. The molecule has 3 rings (SSSR count). The molecule has 2 aromatic carbocycles. The Balaban J connectivity index is 2.07. The molecule has 1 aromatic heterocycles. The molecule has 0 fully saturated rings. The van der Waals surface area contributed by atoms with Crippen molar-refractivity contribution in [3.63, 3.8) is 0 Å². The summed E-state index contributed by atoms with van der Waals surface area (Å²) in [5.41, 5.74) is -0.338. The summed E-state index contributed by atoms with van der Waals surface area (Å²) in [5, 5.41) is 3.12. The number of halogens is 3. The smallest absolute Gasteiger partial charge is 0.378 e. The molecule has 192 valence electrons. The third-order valence-corrected chi connectivity index (χ3v) is 5.33. The molecular formula is C24H25ClF2N4O5. The quantitative estimate of drug-likeness (QED) is 0.404. The second-order valence-corrected chi connectivity index (χ2v) is 8.19. The average molecular weight is 523 g/mol. The summed E-state index contributed by atoms with van der Waals surface area (Å²) < 4.78 is 39.8. The van der Waals surface area contributed by atoms with Gasteiger partial charge < -0.3 is 14.8 Å². The minimum Gasteiger partial charge on any atom is -0.492 e. The van der Waals surface area contributed by atoms with Gasteiger partial charge in [0.1, 0.15) is 12.3 Å². The number of rotatable bonds is 10. The summed E-state index contributed by atoms with van der Waals surface area (Å²) in [6, 6.07) is 11.8. The summed E-state index contributed by atoms with van der Waals surface area (Å²) >= 11 is 6.23. The van der Waals surface area contributed by atoms with Crippen LogP contribution in [-0.2, 0) is 22.6 Å². The zero-order valence-corrected chi connectivity index (χ0v) is 20.6. The number of carbonyl (C=O) groups excluding carboxylic acids is 1. The van der Waals surface area contributed by atoms with Gasteiger partial charge in [-0.1, -0.05) is 41.4 Å². The number of benzene rings is 2. The number of anilines is 2. The van der Waals surface area contributed by atoms with Crippen LogP contribution in [0.3, 0.4) is 0 Å². The predicted octanol–water partition coefficient (Wildman–Crippen LogP) is 3.76. The molecular weight excluding hydrogens is 498 g/mol. The van der Waals surface area contributed by atoms with Crippen molar-refractivity contribution in [1.82, 2.24) is 14.1 Å². The first kappa shape index (κ1) is 26.9. The number of esters is 1. The zero-order valence-electron chi connectivity index (χ0n) is 19.9. The highest BCUT2D eigenvalue weighted by Crippen LogP contribution is 2.28. The lowest BCUT2D eigenvalue weighted by Gasteiger charge is -2.19. The molecule has 9 nitrogen and oxygen atoms in total. The second kappa shape index (κ2) is 11.3. The van der Waals surface area contributed by atoms with Gasteiger partial charge in [-0.15, -0.1) is 0 Å². The molecule has 0 saturated heterocycles. The van der Waals surface area contributed by atoms with Gasteiger partial charge in [-0.05, 0) is 44.5 Å². The third-order valence-electron chi connectivity index (χ3n) is 5.03. The van der Waals surface area contributed by atoms with E-state index >= 15 is 0 Å². The van der Waals surface area contributed by atoms with Crippen LogP contribution in [0.5, 0.6) is 5.75 Å². The van der Waals surface area contributed by atoms with Crippen LogP contribution in [-0.4, -0.2) is 39.2 Å². The molecule has 0 radical (unpaired) electrons. The lowest BCUT2D eigenvalue weighted by atomic mass is 10.1. The highest BCUT2D eigenvalue weighted by molar-refractivity contribution is 6.32. The van der Waals surface area contributed by atoms with Gasteiger partial charge in [0.05, 0.1) is 24.8 Å². The number of hydrogen-bond donors (Lipinski definition) is 1. The fourth-order valence-electron chi connectivity index (χ4n) is 3.26. The highest BCUT2D eigenvalue weighted by atomic mass is 35.5. The first-order valence-electron chi connectivity index (χ1n) is 11.1. The Morgan fingerprint density at radius 3 is 2.39 bits per heavy atom. The van der Waals surface area contributed by atoms with E-state index in [0.29, 0.717) is 23.6 Å². The van der Waals surface area contributed by atoms with Crippen molar-refractivity contribution >= 4 is 29.2 Å². The lowest BCUT2D eigenvalue weighted by molar-refractivity contribution is -0.173. The maximum atomic E-state index is 14.4. The van der Waals surface area contributed by atoms with Gasteiger partial charge in [0.15, 0.2) is 0 Å². The number of alkyl halides is 2. The third kappa shape index (κ3) is 6.28. The monoisotopic (exact) mass is 522 g/mol. The van der Waals surface area contributed by atoms with Gasteiger partial charge in [0.2, 0.25) is 5.95 Å². The SMILES string of the molecule is CCOC(=O)C(F)(F)Cn1c(=O)nc(Nc2ccc(OCC)c(Cl)c2)n(Cc2ccc(C)cc2)c1=O. The molecule has 12 heteroatoms. The van der Waals surface area contributed by atoms with Crippen molar-refractivity contribution in [1.29, 1.82) is 0 Å². The molecule has 0 aliphatic rings. The summed E-state index contributed by atoms with van der Waals surface area (Å²) in [7, 11) is 0. The van der Waals surface area contributed by atoms with Crippen molar-refractivity contribution in [2.45, 2.75) is 39.8 Å². The Bertz CT molecular complexity index is 1360. The lowest BCUT2D eigenvalue weighted by Crippen LogP contribution is -2.48. The van der Waals surface area contributed by atoms with Gasteiger partial charge in [-0.2, -0.15) is 13.8 Å². The van der Waals surface area contributed by atoms with Gasteiger partial charge in [-0.3, -0.25) is 4.57 Å². The Labute approximate surface area is 210 Å². The molecule has 1 N–H and O–H groups in total. The molecule has 0 aliphatic carbocycles. The molecule has 0 unspecified atom stereocenters. The van der Waals surface area contributed by atoms with Crippen LogP contribution in [0.1, 0.15) is 25.0 Å². The number of nitrogens with zero attached hydrogens (tertiary/aromatic N) is 3. The van der Waals surface area contributed by atoms with Crippen LogP contribution in [0.25, 0.3) is 0 Å². The normalized spacial score (nSPS) is 11.3. The molecule has 36 heavy (non-hydrogen) atoms. The minimum atomic E-state index is -4.11. The maximum Gasteiger partial charge on any atom is 0.378 e. The summed E-state index contributed by atoms with van der Waals surface area (Å²) in [6.07, 6.45) is 0. The van der Waals surface area contributed by atoms with E-state index in [9.17, 15) is 23.2 Å². The predicted molar refractivity (Wildman–Crippen MR) is 131 cm³/mol. The van der Waals surface area contributed by atoms with Crippen molar-refractivity contribution in [3.05, 3.63) is 79.6 Å². The van der Waals surface area contributed by atoms with Crippen LogP contribution in [0, 0.1) is 6.92 Å². The van der Waals surface area contributed by atoms with Crippen LogP contribution >= 0.6 is 11.6 Å². The first-order valence-corrected chi connectivity index (χ1v) is 11.4. The van der Waals surface area contributed by atoms with E-state index < -0.39 is 29.8 Å². The number of nitrogens with one attached hydrogen (secondary N) is 1. The van der Waals surface area contributed by atoms with Crippen LogP contribution < -0.4 is 21.4 Å². The molecule has 0 aliphatic heterocycles. The number of carbonyl (C=O) groups is 1. The molecule has 0 spiro atoms. The van der Waals surface area contributed by atoms with E-state index in [1.165, 1.54) is 13.0 Å².